The van der Waals surface area contributed by atoms with Gasteiger partial charge in [0.05, 0.1) is 5.69 Å². The minimum Gasteiger partial charge on any atom is -0.354 e. The third-order valence-corrected chi connectivity index (χ3v) is 3.28. The van der Waals surface area contributed by atoms with Gasteiger partial charge < -0.3 is 10.2 Å². The number of amides is 3. The van der Waals surface area contributed by atoms with E-state index in [0.29, 0.717) is 25.6 Å². The Hall–Kier alpha value is -2.11. The molecule has 0 unspecified atom stereocenters. The van der Waals surface area contributed by atoms with E-state index < -0.39 is 5.82 Å². The second-order valence-electron chi connectivity index (χ2n) is 5.51. The molecular formula is C15H20FN3O2. The van der Waals surface area contributed by atoms with Crippen molar-refractivity contribution in [2.45, 2.75) is 13.8 Å². The van der Waals surface area contributed by atoms with Crippen LogP contribution in [0.25, 0.3) is 0 Å². The first-order valence-electron chi connectivity index (χ1n) is 7.06. The van der Waals surface area contributed by atoms with Gasteiger partial charge in [-0.15, -0.1) is 0 Å². The number of halogens is 1. The van der Waals surface area contributed by atoms with E-state index in [0.717, 1.165) is 0 Å². The van der Waals surface area contributed by atoms with Crippen LogP contribution >= 0.6 is 0 Å². The van der Waals surface area contributed by atoms with Crippen molar-refractivity contribution in [3.63, 3.8) is 0 Å². The molecule has 21 heavy (non-hydrogen) atoms. The molecule has 114 valence electrons. The molecule has 5 nitrogen and oxygen atoms in total. The van der Waals surface area contributed by atoms with Crippen LogP contribution in [0.3, 0.4) is 0 Å². The molecule has 1 N–H and O–H groups in total. The minimum absolute atomic E-state index is 0.0104. The lowest BCUT2D eigenvalue weighted by Gasteiger charge is -2.19. The number of benzene rings is 1. The lowest BCUT2D eigenvalue weighted by atomic mass is 10.2. The number of urea groups is 1. The molecule has 1 fully saturated rings. The van der Waals surface area contributed by atoms with Crippen LogP contribution in [-0.2, 0) is 4.79 Å². The number of carbonyl (C=O) groups is 2. The number of anilines is 1. The lowest BCUT2D eigenvalue weighted by Crippen LogP contribution is -2.41. The summed E-state index contributed by atoms with van der Waals surface area (Å²) in [4.78, 5) is 26.8. The molecule has 1 aromatic rings. The molecule has 0 radical (unpaired) electrons. The Balaban J connectivity index is 1.96. The van der Waals surface area contributed by atoms with Gasteiger partial charge in [0.25, 0.3) is 0 Å². The van der Waals surface area contributed by atoms with Crippen molar-refractivity contribution < 1.29 is 14.0 Å². The number of nitrogens with one attached hydrogen (secondary N) is 1. The first kappa shape index (κ1) is 15.3. The van der Waals surface area contributed by atoms with Gasteiger partial charge in [0.15, 0.2) is 0 Å². The summed E-state index contributed by atoms with van der Waals surface area (Å²) < 4.78 is 13.7. The van der Waals surface area contributed by atoms with Gasteiger partial charge >= 0.3 is 6.03 Å². The molecule has 0 aromatic heterocycles. The zero-order valence-corrected chi connectivity index (χ0v) is 12.3. The number of carbonyl (C=O) groups excluding carboxylic acids is 2. The predicted octanol–water partition coefficient (Wildman–Crippen LogP) is 1.84. The second-order valence-corrected chi connectivity index (χ2v) is 5.51. The average molecular weight is 293 g/mol. The SMILES string of the molecule is CC(C)CNC(=O)CN1CCN(c2ccccc2F)C1=O. The van der Waals surface area contributed by atoms with Gasteiger partial charge in [-0.05, 0) is 18.1 Å². The van der Waals surface area contributed by atoms with Crippen LogP contribution in [0.5, 0.6) is 0 Å². The van der Waals surface area contributed by atoms with Gasteiger partial charge in [0.2, 0.25) is 5.91 Å². The van der Waals surface area contributed by atoms with Crippen molar-refractivity contribution in [1.29, 1.82) is 0 Å². The van der Waals surface area contributed by atoms with Gasteiger partial charge in [-0.25, -0.2) is 9.18 Å². The Bertz CT molecular complexity index is 533. The van der Waals surface area contributed by atoms with Crippen LogP contribution in [0.1, 0.15) is 13.8 Å². The summed E-state index contributed by atoms with van der Waals surface area (Å²) in [5.74, 6) is -0.262. The molecule has 0 aliphatic carbocycles. The standard InChI is InChI=1S/C15H20FN3O2/c1-11(2)9-17-14(20)10-18-7-8-19(15(18)21)13-6-4-3-5-12(13)16/h3-6,11H,7-10H2,1-2H3,(H,17,20). The van der Waals surface area contributed by atoms with Crippen LogP contribution in [0.15, 0.2) is 24.3 Å². The number of hydrogen-bond acceptors (Lipinski definition) is 2. The van der Waals surface area contributed by atoms with Crippen molar-refractivity contribution in [2.75, 3.05) is 31.1 Å². The predicted molar refractivity (Wildman–Crippen MR) is 78.6 cm³/mol. The van der Waals surface area contributed by atoms with Gasteiger partial charge in [0, 0.05) is 19.6 Å². The number of nitrogens with zero attached hydrogens (tertiary/aromatic N) is 2. The first-order chi connectivity index (χ1) is 9.99. The molecule has 1 aromatic carbocycles. The number of rotatable bonds is 5. The highest BCUT2D eigenvalue weighted by Crippen LogP contribution is 2.23. The quantitative estimate of drug-likeness (QED) is 0.900. The van der Waals surface area contributed by atoms with Crippen LogP contribution in [0.2, 0.25) is 0 Å². The first-order valence-corrected chi connectivity index (χ1v) is 7.06. The van der Waals surface area contributed by atoms with Gasteiger partial charge in [-0.3, -0.25) is 9.69 Å². The normalized spacial score (nSPS) is 15.0. The Morgan fingerprint density at radius 3 is 2.71 bits per heavy atom. The summed E-state index contributed by atoms with van der Waals surface area (Å²) >= 11 is 0. The average Bonchev–Trinajstić information content (AvgIpc) is 2.79. The molecule has 3 amide bonds. The fraction of sp³-hybridized carbons (Fsp3) is 0.467. The Morgan fingerprint density at radius 2 is 2.05 bits per heavy atom. The van der Waals surface area contributed by atoms with Crippen LogP contribution in [0, 0.1) is 11.7 Å². The molecule has 2 rings (SSSR count). The zero-order chi connectivity index (χ0) is 15.4. The summed E-state index contributed by atoms with van der Waals surface area (Å²) in [7, 11) is 0. The van der Waals surface area contributed by atoms with E-state index in [1.165, 1.54) is 15.9 Å². The monoisotopic (exact) mass is 293 g/mol. The molecule has 0 bridgehead atoms. The second kappa shape index (κ2) is 6.56. The van der Waals surface area contributed by atoms with Gasteiger partial charge in [0.1, 0.15) is 12.4 Å². The largest absolute Gasteiger partial charge is 0.354 e. The maximum atomic E-state index is 13.7. The van der Waals surface area contributed by atoms with Crippen molar-refractivity contribution in [3.05, 3.63) is 30.1 Å². The Labute approximate surface area is 123 Å². The number of hydrogen-bond donors (Lipinski definition) is 1. The van der Waals surface area contributed by atoms with Crippen molar-refractivity contribution in [1.82, 2.24) is 10.2 Å². The van der Waals surface area contributed by atoms with E-state index in [4.69, 9.17) is 0 Å². The maximum absolute atomic E-state index is 13.7. The van der Waals surface area contributed by atoms with E-state index in [1.54, 1.807) is 18.2 Å². The Kier molecular flexibility index (Phi) is 4.77. The molecule has 0 saturated carbocycles. The van der Waals surface area contributed by atoms with Gasteiger partial charge in [-0.1, -0.05) is 26.0 Å². The van der Waals surface area contributed by atoms with Crippen molar-refractivity contribution in [2.24, 2.45) is 5.92 Å². The summed E-state index contributed by atoms with van der Waals surface area (Å²) in [6, 6.07) is 5.82. The smallest absolute Gasteiger partial charge is 0.325 e. The maximum Gasteiger partial charge on any atom is 0.325 e. The number of para-hydroxylation sites is 1. The van der Waals surface area contributed by atoms with Crippen LogP contribution in [0.4, 0.5) is 14.9 Å². The van der Waals surface area contributed by atoms with E-state index in [2.05, 4.69) is 5.32 Å². The van der Waals surface area contributed by atoms with Crippen LogP contribution < -0.4 is 10.2 Å². The van der Waals surface area contributed by atoms with Crippen molar-refractivity contribution in [3.8, 4) is 0 Å². The summed E-state index contributed by atoms with van der Waals surface area (Å²) in [5.41, 5.74) is 0.257. The van der Waals surface area contributed by atoms with E-state index in [-0.39, 0.29) is 24.2 Å². The fourth-order valence-electron chi connectivity index (χ4n) is 2.17. The van der Waals surface area contributed by atoms with Crippen LogP contribution in [-0.4, -0.2) is 43.0 Å². The molecule has 1 aliphatic heterocycles. The highest BCUT2D eigenvalue weighted by molar-refractivity contribution is 5.96. The zero-order valence-electron chi connectivity index (χ0n) is 12.3. The lowest BCUT2D eigenvalue weighted by molar-refractivity contribution is -0.121. The highest BCUT2D eigenvalue weighted by atomic mass is 19.1. The third-order valence-electron chi connectivity index (χ3n) is 3.28. The molecule has 0 atom stereocenters. The topological polar surface area (TPSA) is 52.7 Å². The van der Waals surface area contributed by atoms with E-state index in [1.807, 2.05) is 13.8 Å². The Morgan fingerprint density at radius 1 is 1.33 bits per heavy atom. The minimum atomic E-state index is -0.433. The molecule has 1 aliphatic rings. The van der Waals surface area contributed by atoms with E-state index >= 15 is 0 Å². The molecule has 1 heterocycles. The van der Waals surface area contributed by atoms with Gasteiger partial charge in [-0.2, -0.15) is 0 Å². The summed E-state index contributed by atoms with van der Waals surface area (Å²) in [5, 5.41) is 2.77. The van der Waals surface area contributed by atoms with Crippen molar-refractivity contribution >= 4 is 17.6 Å². The molecule has 1 saturated heterocycles. The molecule has 0 spiro atoms. The molecule has 6 heteroatoms. The fourth-order valence-corrected chi connectivity index (χ4v) is 2.17. The summed E-state index contributed by atoms with van der Waals surface area (Å²) in [6.45, 7) is 5.40. The molecular weight excluding hydrogens is 273 g/mol. The highest BCUT2D eigenvalue weighted by Gasteiger charge is 2.31. The third kappa shape index (κ3) is 3.71. The summed E-state index contributed by atoms with van der Waals surface area (Å²) in [6.07, 6.45) is 0. The van der Waals surface area contributed by atoms with E-state index in [9.17, 15) is 14.0 Å².